The van der Waals surface area contributed by atoms with Gasteiger partial charge in [0, 0.05) is 25.1 Å². The molecule has 0 radical (unpaired) electrons. The molecule has 31 heavy (non-hydrogen) atoms. The molecule has 0 saturated carbocycles. The van der Waals surface area contributed by atoms with Crippen LogP contribution in [0.4, 0.5) is 8.78 Å². The number of likely N-dealkylation sites (tertiary alicyclic amines) is 1. The van der Waals surface area contributed by atoms with Crippen LogP contribution in [0, 0.1) is 34.8 Å². The minimum Gasteiger partial charge on any atom is -0.340 e. The Morgan fingerprint density at radius 3 is 2.55 bits per heavy atom. The van der Waals surface area contributed by atoms with Gasteiger partial charge in [0.1, 0.15) is 18.4 Å². The number of likely N-dealkylation sites (N-methyl/N-ethyl adjacent to an activating group) is 1. The molecule has 1 aromatic carbocycles. The topological polar surface area (TPSA) is 111 Å². The summed E-state index contributed by atoms with van der Waals surface area (Å²) in [6.07, 6.45) is 0.956. The van der Waals surface area contributed by atoms with E-state index in [0.29, 0.717) is 6.29 Å². The average Bonchev–Trinajstić information content (AvgIpc) is 3.16. The molecule has 1 saturated heterocycles. The molecule has 3 unspecified atom stereocenters. The second kappa shape index (κ2) is 10.1. The summed E-state index contributed by atoms with van der Waals surface area (Å²) in [5.41, 5.74) is -0.148. The lowest BCUT2D eigenvalue weighted by Gasteiger charge is -2.28. The van der Waals surface area contributed by atoms with Crippen LogP contribution in [0.1, 0.15) is 30.6 Å². The minimum atomic E-state index is -1.19. The molecule has 1 aliphatic rings. The van der Waals surface area contributed by atoms with Crippen LogP contribution >= 0.6 is 0 Å². The van der Waals surface area contributed by atoms with Gasteiger partial charge >= 0.3 is 0 Å². The lowest BCUT2D eigenvalue weighted by molar-refractivity contribution is -0.141. The smallest absolute Gasteiger partial charge is 0.252 e. The summed E-state index contributed by atoms with van der Waals surface area (Å²) in [7, 11) is 1.38. The van der Waals surface area contributed by atoms with Crippen molar-refractivity contribution < 1.29 is 28.0 Å². The first-order valence-electron chi connectivity index (χ1n) is 9.74. The predicted octanol–water partition coefficient (Wildman–Crippen LogP) is 1.12. The fraction of sp³-hybridized carbons (Fsp3) is 0.476. The molecular formula is C21H24F2N4O4. The van der Waals surface area contributed by atoms with Crippen LogP contribution in [0.5, 0.6) is 0 Å². The van der Waals surface area contributed by atoms with E-state index < -0.39 is 47.4 Å². The average molecular weight is 434 g/mol. The Morgan fingerprint density at radius 1 is 1.32 bits per heavy atom. The van der Waals surface area contributed by atoms with Gasteiger partial charge in [-0.2, -0.15) is 5.26 Å². The fourth-order valence-electron chi connectivity index (χ4n) is 3.35. The number of carbonyl (C=O) groups excluding carboxylic acids is 4. The van der Waals surface area contributed by atoms with Crippen molar-refractivity contribution in [2.24, 2.45) is 11.8 Å². The molecule has 0 aromatic heterocycles. The summed E-state index contributed by atoms with van der Waals surface area (Å²) >= 11 is 0. The first-order chi connectivity index (χ1) is 14.6. The molecule has 0 bridgehead atoms. The standard InChI is InChI=1S/C21H24F2N4O4/c1-12(2)19(25-20(30)14-4-5-16(22)17(23)7-14)21(31)26(3)10-18(29)27-9-13(11-28)6-15(27)8-24/h4-5,7,11-13,15,19H,6,9-10H2,1-3H3,(H,25,30). The SMILES string of the molecule is CC(C)C(NC(=O)c1ccc(F)c(F)c1)C(=O)N(C)CC(=O)N1CC(C=O)CC1C#N. The molecule has 0 aliphatic carbocycles. The van der Waals surface area contributed by atoms with Gasteiger partial charge in [-0.15, -0.1) is 0 Å². The Morgan fingerprint density at radius 2 is 2.00 bits per heavy atom. The van der Waals surface area contributed by atoms with E-state index in [1.807, 2.05) is 6.07 Å². The summed E-state index contributed by atoms with van der Waals surface area (Å²) in [5.74, 6) is -4.87. The van der Waals surface area contributed by atoms with Gasteiger partial charge in [0.15, 0.2) is 11.6 Å². The van der Waals surface area contributed by atoms with Crippen molar-refractivity contribution in [2.45, 2.75) is 32.4 Å². The molecule has 1 heterocycles. The molecule has 3 amide bonds. The van der Waals surface area contributed by atoms with E-state index in [1.165, 1.54) is 11.9 Å². The summed E-state index contributed by atoms with van der Waals surface area (Å²) in [6.45, 7) is 3.14. The van der Waals surface area contributed by atoms with Crippen LogP contribution in [0.25, 0.3) is 0 Å². The van der Waals surface area contributed by atoms with Crippen LogP contribution in [0.15, 0.2) is 18.2 Å². The van der Waals surface area contributed by atoms with Gasteiger partial charge in [-0.05, 0) is 30.5 Å². The highest BCUT2D eigenvalue weighted by molar-refractivity contribution is 5.98. The van der Waals surface area contributed by atoms with Crippen LogP contribution in [-0.2, 0) is 14.4 Å². The van der Waals surface area contributed by atoms with E-state index in [2.05, 4.69) is 5.32 Å². The maximum atomic E-state index is 13.4. The molecule has 1 N–H and O–H groups in total. The van der Waals surface area contributed by atoms with Crippen LogP contribution in [-0.4, -0.2) is 66.0 Å². The quantitative estimate of drug-likeness (QED) is 0.647. The number of amides is 3. The molecule has 1 aromatic rings. The van der Waals surface area contributed by atoms with Crippen molar-refractivity contribution in [3.8, 4) is 6.07 Å². The van der Waals surface area contributed by atoms with Gasteiger partial charge in [0.25, 0.3) is 5.91 Å². The molecule has 0 spiro atoms. The second-order valence-electron chi connectivity index (χ2n) is 7.84. The first kappa shape index (κ1) is 23.9. The lowest BCUT2D eigenvalue weighted by atomic mass is 10.0. The Labute approximate surface area is 178 Å². The number of benzene rings is 1. The minimum absolute atomic E-state index is 0.114. The zero-order valence-corrected chi connectivity index (χ0v) is 17.5. The van der Waals surface area contributed by atoms with Crippen molar-refractivity contribution in [3.05, 3.63) is 35.4 Å². The Hall–Kier alpha value is -3.35. The number of aldehydes is 1. The van der Waals surface area contributed by atoms with E-state index in [0.717, 1.165) is 23.1 Å². The summed E-state index contributed by atoms with van der Waals surface area (Å²) in [5, 5.41) is 11.7. The fourth-order valence-corrected chi connectivity index (χ4v) is 3.35. The van der Waals surface area contributed by atoms with E-state index in [-0.39, 0.29) is 31.0 Å². The third-order valence-corrected chi connectivity index (χ3v) is 5.15. The van der Waals surface area contributed by atoms with Crippen molar-refractivity contribution >= 4 is 24.0 Å². The predicted molar refractivity (Wildman–Crippen MR) is 105 cm³/mol. The van der Waals surface area contributed by atoms with Crippen molar-refractivity contribution in [1.29, 1.82) is 5.26 Å². The molecule has 8 nitrogen and oxygen atoms in total. The van der Waals surface area contributed by atoms with Crippen molar-refractivity contribution in [3.63, 3.8) is 0 Å². The molecule has 1 aliphatic heterocycles. The highest BCUT2D eigenvalue weighted by Crippen LogP contribution is 2.21. The maximum Gasteiger partial charge on any atom is 0.252 e. The highest BCUT2D eigenvalue weighted by atomic mass is 19.2. The lowest BCUT2D eigenvalue weighted by Crippen LogP contribution is -2.52. The van der Waals surface area contributed by atoms with E-state index in [9.17, 15) is 33.2 Å². The highest BCUT2D eigenvalue weighted by Gasteiger charge is 2.36. The number of nitrogens with one attached hydrogen (secondary N) is 1. The van der Waals surface area contributed by atoms with Crippen LogP contribution in [0.2, 0.25) is 0 Å². The van der Waals surface area contributed by atoms with Crippen LogP contribution < -0.4 is 5.32 Å². The van der Waals surface area contributed by atoms with Gasteiger partial charge in [0.2, 0.25) is 11.8 Å². The van der Waals surface area contributed by atoms with Gasteiger partial charge < -0.3 is 19.9 Å². The number of nitrogens with zero attached hydrogens (tertiary/aromatic N) is 3. The molecule has 10 heteroatoms. The number of halogens is 2. The normalized spacial score (nSPS) is 18.9. The summed E-state index contributed by atoms with van der Waals surface area (Å²) in [4.78, 5) is 51.3. The maximum absolute atomic E-state index is 13.4. The zero-order valence-electron chi connectivity index (χ0n) is 17.5. The third-order valence-electron chi connectivity index (χ3n) is 5.15. The molecule has 3 atom stereocenters. The Kier molecular flexibility index (Phi) is 7.80. The van der Waals surface area contributed by atoms with E-state index >= 15 is 0 Å². The Bertz CT molecular complexity index is 915. The van der Waals surface area contributed by atoms with E-state index in [4.69, 9.17) is 0 Å². The number of carbonyl (C=O) groups is 4. The number of nitriles is 1. The largest absolute Gasteiger partial charge is 0.340 e. The monoisotopic (exact) mass is 434 g/mol. The molecule has 2 rings (SSSR count). The summed E-state index contributed by atoms with van der Waals surface area (Å²) < 4.78 is 26.5. The molecule has 166 valence electrons. The number of hydrogen-bond donors (Lipinski definition) is 1. The third kappa shape index (κ3) is 5.63. The first-order valence-corrected chi connectivity index (χ1v) is 9.74. The Balaban J connectivity index is 2.07. The number of rotatable bonds is 7. The summed E-state index contributed by atoms with van der Waals surface area (Å²) in [6, 6.07) is 2.87. The van der Waals surface area contributed by atoms with Gasteiger partial charge in [-0.25, -0.2) is 8.78 Å². The zero-order chi connectivity index (χ0) is 23.3. The van der Waals surface area contributed by atoms with E-state index in [1.54, 1.807) is 13.8 Å². The van der Waals surface area contributed by atoms with Crippen molar-refractivity contribution in [2.75, 3.05) is 20.1 Å². The van der Waals surface area contributed by atoms with Crippen LogP contribution in [0.3, 0.4) is 0 Å². The molecule has 1 fully saturated rings. The van der Waals surface area contributed by atoms with Gasteiger partial charge in [-0.1, -0.05) is 13.8 Å². The van der Waals surface area contributed by atoms with Gasteiger partial charge in [-0.3, -0.25) is 14.4 Å². The van der Waals surface area contributed by atoms with Gasteiger partial charge in [0.05, 0.1) is 12.6 Å². The number of hydrogen-bond acceptors (Lipinski definition) is 5. The molecular weight excluding hydrogens is 410 g/mol. The second-order valence-corrected chi connectivity index (χ2v) is 7.84. The van der Waals surface area contributed by atoms with Crippen molar-refractivity contribution in [1.82, 2.24) is 15.1 Å².